The van der Waals surface area contributed by atoms with E-state index in [1.54, 1.807) is 0 Å². The molecule has 4 aromatic rings. The topological polar surface area (TPSA) is 70.2 Å². The SMILES string of the molecule is Cn1c(CO[Si](c2ccccc2)(c2ccccc2)C(C)(C)C)nnc1C1CCC(c2cnn(C3CCC(N4CC5(CCOC5)C4)CC3)c2)CC1. The molecule has 2 aliphatic carbocycles. The molecule has 266 valence electrons. The van der Waals surface area contributed by atoms with E-state index in [0.29, 0.717) is 29.9 Å². The molecule has 4 heterocycles. The lowest BCUT2D eigenvalue weighted by atomic mass is 9.76. The number of likely N-dealkylation sites (tertiary alicyclic amines) is 1. The molecule has 0 N–H and O–H groups in total. The van der Waals surface area contributed by atoms with E-state index in [-0.39, 0.29) is 5.04 Å². The Balaban J connectivity index is 0.879. The molecule has 2 saturated heterocycles. The second-order valence-corrected chi connectivity index (χ2v) is 21.3. The lowest BCUT2D eigenvalue weighted by Crippen LogP contribution is -2.66. The summed E-state index contributed by atoms with van der Waals surface area (Å²) in [6.07, 6.45) is 15.5. The Morgan fingerprint density at radius 3 is 2.04 bits per heavy atom. The van der Waals surface area contributed by atoms with Crippen molar-refractivity contribution in [2.45, 2.75) is 114 Å². The molecule has 1 spiro atoms. The maximum Gasteiger partial charge on any atom is 0.261 e. The van der Waals surface area contributed by atoms with Crippen molar-refractivity contribution in [2.24, 2.45) is 12.5 Å². The first kappa shape index (κ1) is 34.0. The van der Waals surface area contributed by atoms with Gasteiger partial charge in [-0.2, -0.15) is 5.10 Å². The number of hydrogen-bond acceptors (Lipinski definition) is 6. The van der Waals surface area contributed by atoms with Crippen molar-refractivity contribution in [1.29, 1.82) is 0 Å². The fourth-order valence-electron chi connectivity index (χ4n) is 9.90. The zero-order valence-corrected chi connectivity index (χ0v) is 31.6. The van der Waals surface area contributed by atoms with Crippen molar-refractivity contribution in [3.05, 3.63) is 90.3 Å². The number of rotatable bonds is 9. The third-order valence-electron chi connectivity index (χ3n) is 12.8. The van der Waals surface area contributed by atoms with Crippen molar-refractivity contribution < 1.29 is 9.16 Å². The van der Waals surface area contributed by atoms with E-state index in [1.807, 2.05) is 0 Å². The van der Waals surface area contributed by atoms with E-state index in [2.05, 4.69) is 115 Å². The molecule has 0 atom stereocenters. The van der Waals surface area contributed by atoms with Gasteiger partial charge in [-0.25, -0.2) is 0 Å². The summed E-state index contributed by atoms with van der Waals surface area (Å²) < 4.78 is 17.4. The van der Waals surface area contributed by atoms with Crippen LogP contribution in [0.2, 0.25) is 5.04 Å². The van der Waals surface area contributed by atoms with Crippen LogP contribution in [0, 0.1) is 5.41 Å². The van der Waals surface area contributed by atoms with E-state index in [0.717, 1.165) is 43.7 Å². The third-order valence-corrected chi connectivity index (χ3v) is 17.8. The zero-order chi connectivity index (χ0) is 34.3. The van der Waals surface area contributed by atoms with Gasteiger partial charge in [-0.1, -0.05) is 81.4 Å². The van der Waals surface area contributed by atoms with Crippen molar-refractivity contribution in [3.8, 4) is 0 Å². The minimum absolute atomic E-state index is 0.0777. The summed E-state index contributed by atoms with van der Waals surface area (Å²) in [5, 5.41) is 16.9. The highest BCUT2D eigenvalue weighted by Gasteiger charge is 2.51. The minimum Gasteiger partial charge on any atom is -0.400 e. The van der Waals surface area contributed by atoms with Crippen LogP contribution < -0.4 is 10.4 Å². The highest BCUT2D eigenvalue weighted by atomic mass is 28.4. The summed E-state index contributed by atoms with van der Waals surface area (Å²) in [4.78, 5) is 2.74. The fraction of sp³-hybridized carbons (Fsp3) is 0.585. The van der Waals surface area contributed by atoms with Gasteiger partial charge in [0, 0.05) is 50.3 Å². The average molecular weight is 693 g/mol. The van der Waals surface area contributed by atoms with E-state index >= 15 is 0 Å². The summed E-state index contributed by atoms with van der Waals surface area (Å²) >= 11 is 0. The molecule has 4 fully saturated rings. The summed E-state index contributed by atoms with van der Waals surface area (Å²) in [6.45, 7) is 11.9. The number of nitrogens with zero attached hydrogens (tertiary/aromatic N) is 6. The van der Waals surface area contributed by atoms with Gasteiger partial charge in [0.15, 0.2) is 5.82 Å². The third kappa shape index (κ3) is 6.33. The van der Waals surface area contributed by atoms with Gasteiger partial charge in [0.05, 0.1) is 25.5 Å². The first-order chi connectivity index (χ1) is 24.2. The van der Waals surface area contributed by atoms with Crippen LogP contribution in [0.5, 0.6) is 0 Å². The zero-order valence-electron chi connectivity index (χ0n) is 30.6. The molecule has 2 saturated carbocycles. The number of aromatic nitrogens is 5. The van der Waals surface area contributed by atoms with Gasteiger partial charge in [0.1, 0.15) is 5.82 Å². The van der Waals surface area contributed by atoms with Crippen LogP contribution >= 0.6 is 0 Å². The molecule has 0 bridgehead atoms. The Labute approximate surface area is 299 Å². The first-order valence-corrected chi connectivity index (χ1v) is 21.1. The molecule has 0 radical (unpaired) electrons. The maximum atomic E-state index is 7.21. The molecule has 9 heteroatoms. The normalized spacial score (nSPS) is 25.9. The Morgan fingerprint density at radius 2 is 1.44 bits per heavy atom. The second-order valence-electron chi connectivity index (χ2n) is 17.0. The monoisotopic (exact) mass is 692 g/mol. The summed E-state index contributed by atoms with van der Waals surface area (Å²) in [5.41, 5.74) is 1.91. The van der Waals surface area contributed by atoms with E-state index in [9.17, 15) is 0 Å². The molecular weight excluding hydrogens is 637 g/mol. The van der Waals surface area contributed by atoms with Crippen molar-refractivity contribution >= 4 is 18.7 Å². The Morgan fingerprint density at radius 1 is 0.820 bits per heavy atom. The van der Waals surface area contributed by atoms with E-state index in [4.69, 9.17) is 24.5 Å². The lowest BCUT2D eigenvalue weighted by Gasteiger charge is -2.52. The first-order valence-electron chi connectivity index (χ1n) is 19.2. The van der Waals surface area contributed by atoms with Crippen LogP contribution in [0.25, 0.3) is 0 Å². The summed E-state index contributed by atoms with van der Waals surface area (Å²) in [7, 11) is -0.520. The Kier molecular flexibility index (Phi) is 9.38. The smallest absolute Gasteiger partial charge is 0.261 e. The lowest BCUT2D eigenvalue weighted by molar-refractivity contribution is -0.0475. The predicted octanol–water partition coefficient (Wildman–Crippen LogP) is 6.74. The molecule has 8 rings (SSSR count). The second kappa shape index (κ2) is 13.8. The van der Waals surface area contributed by atoms with E-state index < -0.39 is 8.32 Å². The maximum absolute atomic E-state index is 7.21. The molecule has 0 unspecified atom stereocenters. The van der Waals surface area contributed by atoms with Gasteiger partial charge in [-0.05, 0) is 84.7 Å². The molecule has 2 aromatic carbocycles. The van der Waals surface area contributed by atoms with Gasteiger partial charge < -0.3 is 13.7 Å². The van der Waals surface area contributed by atoms with Crippen LogP contribution in [0.3, 0.4) is 0 Å². The molecule has 4 aliphatic rings. The van der Waals surface area contributed by atoms with Gasteiger partial charge in [-0.3, -0.25) is 9.58 Å². The van der Waals surface area contributed by atoms with Gasteiger partial charge >= 0.3 is 0 Å². The molecule has 8 nitrogen and oxygen atoms in total. The molecule has 0 amide bonds. The van der Waals surface area contributed by atoms with Crippen LogP contribution in [0.1, 0.15) is 114 Å². The standard InChI is InChI=1S/C41H56N6O2Si/c1-40(2,3)50(36-11-7-5-8-12-36,37-13-9-6-10-14-37)49-27-38-43-44-39(45(38)4)32-17-15-31(16-18-32)33-25-42-47(26-33)35-21-19-34(20-22-35)46-28-41(29-46)23-24-48-30-41/h5-14,25-26,31-32,34-35H,15-24,27-30H2,1-4H3. The van der Waals surface area contributed by atoms with Crippen LogP contribution in [0.4, 0.5) is 0 Å². The van der Waals surface area contributed by atoms with Crippen LogP contribution in [-0.2, 0) is 22.8 Å². The fourth-order valence-corrected chi connectivity index (χ4v) is 14.4. The number of hydrogen-bond donors (Lipinski definition) is 0. The van der Waals surface area contributed by atoms with Crippen LogP contribution in [0.15, 0.2) is 73.1 Å². The molecule has 2 aliphatic heterocycles. The van der Waals surface area contributed by atoms with Crippen molar-refractivity contribution in [3.63, 3.8) is 0 Å². The number of ether oxygens (including phenoxy) is 1. The minimum atomic E-state index is -2.65. The summed E-state index contributed by atoms with van der Waals surface area (Å²) in [5.74, 6) is 3.01. The van der Waals surface area contributed by atoms with E-state index in [1.165, 1.54) is 74.0 Å². The number of benzene rings is 2. The molecular formula is C41H56N6O2Si. The highest BCUT2D eigenvalue weighted by Crippen LogP contribution is 2.44. The average Bonchev–Trinajstić information content (AvgIpc) is 3.90. The van der Waals surface area contributed by atoms with Crippen LogP contribution in [-0.4, -0.2) is 70.1 Å². The van der Waals surface area contributed by atoms with Gasteiger partial charge in [-0.15, -0.1) is 10.2 Å². The Bertz CT molecular complexity index is 1660. The molecule has 50 heavy (non-hydrogen) atoms. The molecule has 2 aromatic heterocycles. The van der Waals surface area contributed by atoms with Crippen molar-refractivity contribution in [1.82, 2.24) is 29.4 Å². The highest BCUT2D eigenvalue weighted by molar-refractivity contribution is 6.99. The predicted molar refractivity (Wildman–Crippen MR) is 200 cm³/mol. The van der Waals surface area contributed by atoms with Gasteiger partial charge in [0.2, 0.25) is 0 Å². The summed E-state index contributed by atoms with van der Waals surface area (Å²) in [6, 6.07) is 23.0. The van der Waals surface area contributed by atoms with Gasteiger partial charge in [0.25, 0.3) is 8.32 Å². The largest absolute Gasteiger partial charge is 0.400 e. The quantitative estimate of drug-likeness (QED) is 0.181. The Hall–Kier alpha value is -3.11. The van der Waals surface area contributed by atoms with Crippen molar-refractivity contribution in [2.75, 3.05) is 26.3 Å².